The van der Waals surface area contributed by atoms with E-state index in [9.17, 15) is 4.79 Å². The van der Waals surface area contributed by atoms with Gasteiger partial charge in [0.05, 0.1) is 24.6 Å². The molecule has 7 nitrogen and oxygen atoms in total. The smallest absolute Gasteiger partial charge is 0.273 e. The zero-order valence-corrected chi connectivity index (χ0v) is 17.1. The summed E-state index contributed by atoms with van der Waals surface area (Å²) in [5.41, 5.74) is 1.21. The van der Waals surface area contributed by atoms with Crippen LogP contribution in [-0.4, -0.2) is 41.1 Å². The Balaban J connectivity index is 1.44. The molecular formula is C20H26N4O3S. The van der Waals surface area contributed by atoms with Crippen molar-refractivity contribution >= 4 is 28.9 Å². The van der Waals surface area contributed by atoms with Gasteiger partial charge in [-0.1, -0.05) is 6.92 Å². The maximum Gasteiger partial charge on any atom is 0.273 e. The van der Waals surface area contributed by atoms with E-state index in [0.717, 1.165) is 38.0 Å². The summed E-state index contributed by atoms with van der Waals surface area (Å²) in [6, 6.07) is 3.54. The standard InChI is InChI=1S/C20H26N4O3S/c1-19(8-9-27-20(12-19)6-3-7-20)13-21-18(25)17-15(26-2)4-5-16(24-17)23-14-10-22-28-11-14/h4-5,10-11H,3,6-9,12-13H2,1-2H3,(H,21,25)(H,23,24). The van der Waals surface area contributed by atoms with Crippen LogP contribution in [0.5, 0.6) is 5.75 Å². The van der Waals surface area contributed by atoms with Crippen LogP contribution in [0.4, 0.5) is 11.5 Å². The number of nitrogens with one attached hydrogen (secondary N) is 2. The number of ether oxygens (including phenoxy) is 2. The highest BCUT2D eigenvalue weighted by molar-refractivity contribution is 7.04. The summed E-state index contributed by atoms with van der Waals surface area (Å²) in [4.78, 5) is 17.4. The van der Waals surface area contributed by atoms with E-state index < -0.39 is 0 Å². The Hall–Kier alpha value is -2.19. The fourth-order valence-corrected chi connectivity index (χ4v) is 4.58. The minimum Gasteiger partial charge on any atom is -0.494 e. The molecule has 150 valence electrons. The van der Waals surface area contributed by atoms with Gasteiger partial charge < -0.3 is 20.1 Å². The maximum absolute atomic E-state index is 12.9. The van der Waals surface area contributed by atoms with E-state index in [2.05, 4.69) is 26.9 Å². The van der Waals surface area contributed by atoms with Gasteiger partial charge in [0.2, 0.25) is 0 Å². The lowest BCUT2D eigenvalue weighted by Gasteiger charge is -2.51. The van der Waals surface area contributed by atoms with Crippen LogP contribution in [0.25, 0.3) is 0 Å². The first-order chi connectivity index (χ1) is 13.5. The molecule has 2 N–H and O–H groups in total. The Morgan fingerprint density at radius 1 is 1.36 bits per heavy atom. The van der Waals surface area contributed by atoms with Crippen LogP contribution >= 0.6 is 11.5 Å². The molecule has 4 rings (SSSR count). The average Bonchev–Trinajstić information content (AvgIpc) is 3.18. The second-order valence-electron chi connectivity index (χ2n) is 8.09. The number of anilines is 2. The molecule has 0 bridgehead atoms. The largest absolute Gasteiger partial charge is 0.494 e. The quantitative estimate of drug-likeness (QED) is 0.765. The van der Waals surface area contributed by atoms with Crippen molar-refractivity contribution in [2.24, 2.45) is 5.41 Å². The molecule has 2 aliphatic rings. The predicted molar refractivity (Wildman–Crippen MR) is 108 cm³/mol. The van der Waals surface area contributed by atoms with E-state index in [-0.39, 0.29) is 22.6 Å². The Morgan fingerprint density at radius 2 is 2.21 bits per heavy atom. The number of rotatable bonds is 6. The molecule has 1 atom stereocenters. The molecule has 2 fully saturated rings. The molecule has 1 spiro atoms. The molecule has 1 aliphatic carbocycles. The van der Waals surface area contributed by atoms with Crippen LogP contribution in [0.3, 0.4) is 0 Å². The normalized spacial score (nSPS) is 23.1. The summed E-state index contributed by atoms with van der Waals surface area (Å²) in [5.74, 6) is 0.815. The molecule has 0 aromatic carbocycles. The zero-order valence-electron chi connectivity index (χ0n) is 16.3. The number of hydrogen-bond acceptors (Lipinski definition) is 7. The van der Waals surface area contributed by atoms with Crippen molar-refractivity contribution < 1.29 is 14.3 Å². The second kappa shape index (κ2) is 7.67. The highest BCUT2D eigenvalue weighted by Gasteiger charge is 2.47. The summed E-state index contributed by atoms with van der Waals surface area (Å²) in [7, 11) is 1.55. The van der Waals surface area contributed by atoms with Crippen molar-refractivity contribution in [1.29, 1.82) is 0 Å². The minimum atomic E-state index is -0.223. The monoisotopic (exact) mass is 402 g/mol. The lowest BCUT2D eigenvalue weighted by atomic mass is 9.66. The van der Waals surface area contributed by atoms with Crippen LogP contribution in [0.1, 0.15) is 49.5 Å². The second-order valence-corrected chi connectivity index (χ2v) is 8.75. The zero-order chi connectivity index (χ0) is 19.6. The van der Waals surface area contributed by atoms with Gasteiger partial charge in [0, 0.05) is 18.5 Å². The molecule has 2 aromatic heterocycles. The van der Waals surface area contributed by atoms with Gasteiger partial charge >= 0.3 is 0 Å². The van der Waals surface area contributed by atoms with Crippen molar-refractivity contribution in [1.82, 2.24) is 14.7 Å². The molecule has 3 heterocycles. The molecule has 1 aliphatic heterocycles. The van der Waals surface area contributed by atoms with E-state index in [1.165, 1.54) is 18.0 Å². The number of nitrogens with zero attached hydrogens (tertiary/aromatic N) is 2. The molecule has 8 heteroatoms. The number of aromatic nitrogens is 2. The molecule has 1 unspecified atom stereocenters. The average molecular weight is 403 g/mol. The van der Waals surface area contributed by atoms with Gasteiger partial charge in [0.25, 0.3) is 5.91 Å². The topological polar surface area (TPSA) is 85.4 Å². The van der Waals surface area contributed by atoms with Crippen molar-refractivity contribution in [2.45, 2.75) is 44.6 Å². The van der Waals surface area contributed by atoms with Gasteiger partial charge in [-0.15, -0.1) is 0 Å². The third kappa shape index (κ3) is 3.98. The summed E-state index contributed by atoms with van der Waals surface area (Å²) in [6.07, 6.45) is 7.18. The van der Waals surface area contributed by atoms with Crippen LogP contribution < -0.4 is 15.4 Å². The van der Waals surface area contributed by atoms with E-state index in [1.54, 1.807) is 25.4 Å². The molecular weight excluding hydrogens is 376 g/mol. The van der Waals surface area contributed by atoms with E-state index >= 15 is 0 Å². The van der Waals surface area contributed by atoms with Crippen molar-refractivity contribution in [3.63, 3.8) is 0 Å². The number of methoxy groups -OCH3 is 1. The molecule has 1 amide bonds. The van der Waals surface area contributed by atoms with Crippen molar-refractivity contribution in [3.05, 3.63) is 29.4 Å². The Bertz CT molecular complexity index is 838. The van der Waals surface area contributed by atoms with E-state index in [0.29, 0.717) is 18.1 Å². The summed E-state index contributed by atoms with van der Waals surface area (Å²) < 4.78 is 15.4. The lowest BCUT2D eigenvalue weighted by Crippen LogP contribution is -2.52. The van der Waals surface area contributed by atoms with Gasteiger partial charge in [0.1, 0.15) is 11.6 Å². The van der Waals surface area contributed by atoms with Gasteiger partial charge in [-0.25, -0.2) is 4.98 Å². The molecule has 1 saturated heterocycles. The predicted octanol–water partition coefficient (Wildman–Crippen LogP) is 3.76. The van der Waals surface area contributed by atoms with Crippen molar-refractivity contribution in [2.75, 3.05) is 25.6 Å². The highest BCUT2D eigenvalue weighted by atomic mass is 32.1. The van der Waals surface area contributed by atoms with Crippen LogP contribution in [0, 0.1) is 5.41 Å². The first-order valence-corrected chi connectivity index (χ1v) is 10.5. The summed E-state index contributed by atoms with van der Waals surface area (Å²) in [6.45, 7) is 3.61. The SMILES string of the molecule is COc1ccc(Nc2cnsc2)nc1C(=O)NCC1(C)CCOC2(CCC2)C1. The van der Waals surface area contributed by atoms with Gasteiger partial charge in [0.15, 0.2) is 5.69 Å². The van der Waals surface area contributed by atoms with Crippen LogP contribution in [-0.2, 0) is 4.74 Å². The minimum absolute atomic E-state index is 0.0414. The van der Waals surface area contributed by atoms with Crippen LogP contribution in [0.15, 0.2) is 23.7 Å². The number of carbonyl (C=O) groups is 1. The molecule has 28 heavy (non-hydrogen) atoms. The van der Waals surface area contributed by atoms with Gasteiger partial charge in [-0.2, -0.15) is 4.37 Å². The fraction of sp³-hybridized carbons (Fsp3) is 0.550. The lowest BCUT2D eigenvalue weighted by molar-refractivity contribution is -0.162. The molecule has 2 aromatic rings. The Kier molecular flexibility index (Phi) is 5.25. The fourth-order valence-electron chi connectivity index (χ4n) is 4.11. The first kappa shape index (κ1) is 19.1. The van der Waals surface area contributed by atoms with Gasteiger partial charge in [-0.05, 0) is 61.2 Å². The van der Waals surface area contributed by atoms with Gasteiger partial charge in [-0.3, -0.25) is 4.79 Å². The first-order valence-electron chi connectivity index (χ1n) is 9.65. The van der Waals surface area contributed by atoms with Crippen molar-refractivity contribution in [3.8, 4) is 5.75 Å². The van der Waals surface area contributed by atoms with Crippen LogP contribution in [0.2, 0.25) is 0 Å². The van der Waals surface area contributed by atoms with E-state index in [1.807, 2.05) is 5.38 Å². The third-order valence-corrected chi connectivity index (χ3v) is 6.39. The number of pyridine rings is 1. The Labute approximate surface area is 169 Å². The van der Waals surface area contributed by atoms with E-state index in [4.69, 9.17) is 9.47 Å². The number of carbonyl (C=O) groups excluding carboxylic acids is 1. The Morgan fingerprint density at radius 3 is 2.89 bits per heavy atom. The number of amides is 1. The molecule has 0 radical (unpaired) electrons. The maximum atomic E-state index is 12.9. The number of hydrogen-bond donors (Lipinski definition) is 2. The summed E-state index contributed by atoms with van der Waals surface area (Å²) >= 11 is 1.35. The highest BCUT2D eigenvalue weighted by Crippen LogP contribution is 2.48. The third-order valence-electron chi connectivity index (χ3n) is 5.80. The summed E-state index contributed by atoms with van der Waals surface area (Å²) in [5, 5.41) is 8.12. The molecule has 1 saturated carbocycles.